The summed E-state index contributed by atoms with van der Waals surface area (Å²) in [6.07, 6.45) is 5.04. The molecule has 1 N–H and O–H groups in total. The van der Waals surface area contributed by atoms with Gasteiger partial charge in [0.05, 0.1) is 10.6 Å². The number of aromatic nitrogens is 1. The molecule has 0 saturated carbocycles. The summed E-state index contributed by atoms with van der Waals surface area (Å²) in [6.45, 7) is 3.18. The van der Waals surface area contributed by atoms with Crippen LogP contribution in [0.4, 0.5) is 0 Å². The largest absolute Gasteiger partial charge is 0.349 e. The summed E-state index contributed by atoms with van der Waals surface area (Å²) in [5.74, 6) is -0.130. The van der Waals surface area contributed by atoms with E-state index in [2.05, 4.69) is 29.2 Å². The van der Waals surface area contributed by atoms with Gasteiger partial charge in [-0.25, -0.2) is 0 Å². The molecule has 0 aliphatic carbocycles. The van der Waals surface area contributed by atoms with Crippen LogP contribution in [0.2, 0.25) is 5.02 Å². The number of pyridine rings is 1. The fourth-order valence-corrected chi connectivity index (χ4v) is 2.42. The molecule has 0 spiro atoms. The quantitative estimate of drug-likeness (QED) is 0.891. The van der Waals surface area contributed by atoms with Gasteiger partial charge in [0.15, 0.2) is 0 Å². The first-order chi connectivity index (χ1) is 8.58. The molecule has 18 heavy (non-hydrogen) atoms. The fourth-order valence-electron chi connectivity index (χ4n) is 2.23. The predicted octanol–water partition coefficient (Wildman–Crippen LogP) is 1.95. The molecule has 2 atom stereocenters. The van der Waals surface area contributed by atoms with Crippen LogP contribution in [-0.2, 0) is 0 Å². The Morgan fingerprint density at radius 1 is 1.61 bits per heavy atom. The van der Waals surface area contributed by atoms with Gasteiger partial charge in [-0.05, 0) is 32.9 Å². The molecule has 2 rings (SSSR count). The number of nitrogens with zero attached hydrogens (tertiary/aromatic N) is 2. The zero-order valence-electron chi connectivity index (χ0n) is 10.7. The molecule has 4 nitrogen and oxygen atoms in total. The highest BCUT2D eigenvalue weighted by atomic mass is 35.5. The van der Waals surface area contributed by atoms with Crippen molar-refractivity contribution in [3.05, 3.63) is 29.0 Å². The number of hydrogen-bond acceptors (Lipinski definition) is 3. The van der Waals surface area contributed by atoms with Crippen LogP contribution in [0.25, 0.3) is 0 Å². The molecular formula is C13H18ClN3O. The number of rotatable bonds is 2. The van der Waals surface area contributed by atoms with E-state index in [-0.39, 0.29) is 11.9 Å². The van der Waals surface area contributed by atoms with Crippen molar-refractivity contribution >= 4 is 17.5 Å². The van der Waals surface area contributed by atoms with E-state index in [0.717, 1.165) is 19.4 Å². The van der Waals surface area contributed by atoms with Crippen LogP contribution in [0.15, 0.2) is 18.5 Å². The van der Waals surface area contributed by atoms with Gasteiger partial charge >= 0.3 is 0 Å². The van der Waals surface area contributed by atoms with Gasteiger partial charge in [0, 0.05) is 31.0 Å². The summed E-state index contributed by atoms with van der Waals surface area (Å²) in [6, 6.07) is 2.35. The summed E-state index contributed by atoms with van der Waals surface area (Å²) in [4.78, 5) is 18.3. The summed E-state index contributed by atoms with van der Waals surface area (Å²) in [5, 5.41) is 3.48. The molecule has 1 fully saturated rings. The van der Waals surface area contributed by atoms with Gasteiger partial charge in [-0.2, -0.15) is 0 Å². The van der Waals surface area contributed by atoms with Gasteiger partial charge in [-0.15, -0.1) is 0 Å². The highest BCUT2D eigenvalue weighted by Gasteiger charge is 2.24. The van der Waals surface area contributed by atoms with Crippen molar-refractivity contribution in [2.75, 3.05) is 13.6 Å². The van der Waals surface area contributed by atoms with Gasteiger partial charge in [0.1, 0.15) is 0 Å². The second kappa shape index (κ2) is 5.67. The molecule has 1 aromatic heterocycles. The van der Waals surface area contributed by atoms with Crippen molar-refractivity contribution in [3.8, 4) is 0 Å². The first-order valence-electron chi connectivity index (χ1n) is 6.18. The smallest absolute Gasteiger partial charge is 0.254 e. The Bertz CT molecular complexity index is 438. The number of carbonyl (C=O) groups excluding carboxylic acids is 1. The average Bonchev–Trinajstić information content (AvgIpc) is 2.34. The SMILES string of the molecule is CC1CC(NC(=O)c2cnccc2Cl)CCN1C. The number of piperidine rings is 1. The lowest BCUT2D eigenvalue weighted by Gasteiger charge is -2.35. The third-order valence-electron chi connectivity index (χ3n) is 3.56. The first kappa shape index (κ1) is 13.3. The van der Waals surface area contributed by atoms with Crippen molar-refractivity contribution in [1.29, 1.82) is 0 Å². The molecule has 0 bridgehead atoms. The van der Waals surface area contributed by atoms with E-state index in [1.165, 1.54) is 6.20 Å². The molecule has 2 unspecified atom stereocenters. The molecule has 1 aliphatic heterocycles. The zero-order chi connectivity index (χ0) is 13.1. The lowest BCUT2D eigenvalue weighted by molar-refractivity contribution is 0.0896. The van der Waals surface area contributed by atoms with E-state index >= 15 is 0 Å². The minimum absolute atomic E-state index is 0.130. The fraction of sp³-hybridized carbons (Fsp3) is 0.538. The standard InChI is InChI=1S/C13H18ClN3O/c1-9-7-10(4-6-17(9)2)16-13(18)11-8-15-5-3-12(11)14/h3,5,8-10H,4,6-7H2,1-2H3,(H,16,18). The highest BCUT2D eigenvalue weighted by Crippen LogP contribution is 2.17. The maximum Gasteiger partial charge on any atom is 0.254 e. The number of carbonyl (C=O) groups is 1. The molecule has 1 aromatic rings. The van der Waals surface area contributed by atoms with Crippen LogP contribution >= 0.6 is 11.6 Å². The number of hydrogen-bond donors (Lipinski definition) is 1. The zero-order valence-corrected chi connectivity index (χ0v) is 11.4. The van der Waals surface area contributed by atoms with Gasteiger partial charge < -0.3 is 10.2 Å². The maximum absolute atomic E-state index is 12.1. The first-order valence-corrected chi connectivity index (χ1v) is 6.56. The molecular weight excluding hydrogens is 250 g/mol. The highest BCUT2D eigenvalue weighted by molar-refractivity contribution is 6.33. The summed E-state index contributed by atoms with van der Waals surface area (Å²) >= 11 is 5.98. The normalized spacial score (nSPS) is 24.8. The summed E-state index contributed by atoms with van der Waals surface area (Å²) < 4.78 is 0. The van der Waals surface area contributed by atoms with Gasteiger partial charge in [-0.3, -0.25) is 9.78 Å². The van der Waals surface area contributed by atoms with Gasteiger partial charge in [0.2, 0.25) is 0 Å². The number of halogens is 1. The minimum Gasteiger partial charge on any atom is -0.349 e. The molecule has 98 valence electrons. The summed E-state index contributed by atoms with van der Waals surface area (Å²) in [5.41, 5.74) is 0.450. The van der Waals surface area contributed by atoms with Crippen molar-refractivity contribution in [1.82, 2.24) is 15.2 Å². The van der Waals surface area contributed by atoms with E-state index in [9.17, 15) is 4.79 Å². The van der Waals surface area contributed by atoms with Crippen molar-refractivity contribution in [2.45, 2.75) is 31.8 Å². The molecule has 1 saturated heterocycles. The Kier molecular flexibility index (Phi) is 4.19. The minimum atomic E-state index is -0.130. The topological polar surface area (TPSA) is 45.2 Å². The third kappa shape index (κ3) is 3.00. The van der Waals surface area contributed by atoms with Crippen molar-refractivity contribution < 1.29 is 4.79 Å². The molecule has 2 heterocycles. The number of likely N-dealkylation sites (tertiary alicyclic amines) is 1. The van der Waals surface area contributed by atoms with Crippen LogP contribution in [0.1, 0.15) is 30.1 Å². The Morgan fingerprint density at radius 2 is 2.39 bits per heavy atom. The number of nitrogens with one attached hydrogen (secondary N) is 1. The van der Waals surface area contributed by atoms with Crippen LogP contribution in [-0.4, -0.2) is 41.5 Å². The van der Waals surface area contributed by atoms with Crippen LogP contribution in [0.3, 0.4) is 0 Å². The Hall–Kier alpha value is -1.13. The van der Waals surface area contributed by atoms with Crippen LogP contribution < -0.4 is 5.32 Å². The van der Waals surface area contributed by atoms with Crippen molar-refractivity contribution in [3.63, 3.8) is 0 Å². The Morgan fingerprint density at radius 3 is 3.06 bits per heavy atom. The van der Waals surface area contributed by atoms with E-state index < -0.39 is 0 Å². The lowest BCUT2D eigenvalue weighted by Crippen LogP contribution is -2.47. The van der Waals surface area contributed by atoms with Gasteiger partial charge in [0.25, 0.3) is 5.91 Å². The predicted molar refractivity (Wildman–Crippen MR) is 71.8 cm³/mol. The molecule has 0 radical (unpaired) electrons. The van der Waals surface area contributed by atoms with E-state index in [0.29, 0.717) is 16.6 Å². The van der Waals surface area contributed by atoms with Gasteiger partial charge in [-0.1, -0.05) is 11.6 Å². The lowest BCUT2D eigenvalue weighted by atomic mass is 9.98. The van der Waals surface area contributed by atoms with E-state index in [4.69, 9.17) is 11.6 Å². The van der Waals surface area contributed by atoms with E-state index in [1.54, 1.807) is 12.3 Å². The van der Waals surface area contributed by atoms with Crippen LogP contribution in [0, 0.1) is 0 Å². The molecule has 0 aromatic carbocycles. The van der Waals surface area contributed by atoms with Crippen molar-refractivity contribution in [2.24, 2.45) is 0 Å². The Balaban J connectivity index is 1.98. The molecule has 1 aliphatic rings. The monoisotopic (exact) mass is 267 g/mol. The van der Waals surface area contributed by atoms with E-state index in [1.807, 2.05) is 0 Å². The van der Waals surface area contributed by atoms with Crippen LogP contribution in [0.5, 0.6) is 0 Å². The molecule has 5 heteroatoms. The average molecular weight is 268 g/mol. The second-order valence-electron chi connectivity index (χ2n) is 4.88. The maximum atomic E-state index is 12.1. The Labute approximate surface area is 112 Å². The molecule has 1 amide bonds. The number of amides is 1. The third-order valence-corrected chi connectivity index (χ3v) is 3.89. The second-order valence-corrected chi connectivity index (χ2v) is 5.29. The summed E-state index contributed by atoms with van der Waals surface area (Å²) in [7, 11) is 2.11.